The number of phenols is 1. The van der Waals surface area contributed by atoms with Crippen molar-refractivity contribution in [3.05, 3.63) is 101 Å². The van der Waals surface area contributed by atoms with E-state index in [1.54, 1.807) is 45.0 Å². The Morgan fingerprint density at radius 3 is 2.24 bits per heavy atom. The van der Waals surface area contributed by atoms with E-state index < -0.39 is 42.1 Å². The number of nitrogens with one attached hydrogen (secondary N) is 2. The van der Waals surface area contributed by atoms with Gasteiger partial charge in [0.1, 0.15) is 30.0 Å². The summed E-state index contributed by atoms with van der Waals surface area (Å²) < 4.78 is 5.42. The van der Waals surface area contributed by atoms with Gasteiger partial charge in [-0.1, -0.05) is 60.7 Å². The molecule has 9 nitrogen and oxygen atoms in total. The second-order valence-corrected chi connectivity index (χ2v) is 11.1. The molecule has 0 saturated heterocycles. The molecule has 0 spiro atoms. The number of nitriles is 1. The van der Waals surface area contributed by atoms with Crippen LogP contribution in [0.5, 0.6) is 5.75 Å². The predicted molar refractivity (Wildman–Crippen MR) is 159 cm³/mol. The summed E-state index contributed by atoms with van der Waals surface area (Å²) in [6.07, 6.45) is -0.779. The molecule has 0 radical (unpaired) electrons. The molecule has 3 rings (SSSR count). The van der Waals surface area contributed by atoms with Crippen molar-refractivity contribution < 1.29 is 24.2 Å². The van der Waals surface area contributed by atoms with E-state index in [-0.39, 0.29) is 18.7 Å². The molecule has 9 heteroatoms. The quantitative estimate of drug-likeness (QED) is 0.299. The highest BCUT2D eigenvalue weighted by atomic mass is 16.6. The van der Waals surface area contributed by atoms with Crippen LogP contribution in [0.15, 0.2) is 72.8 Å². The lowest BCUT2D eigenvalue weighted by molar-refractivity contribution is -0.141. The lowest BCUT2D eigenvalue weighted by atomic mass is 9.94. The van der Waals surface area contributed by atoms with E-state index in [1.165, 1.54) is 17.0 Å². The van der Waals surface area contributed by atoms with Gasteiger partial charge in [0.2, 0.25) is 11.8 Å². The van der Waals surface area contributed by atoms with E-state index in [4.69, 9.17) is 4.74 Å². The molecule has 0 heterocycles. The number of nitrogens with zero attached hydrogens (tertiary/aromatic N) is 2. The number of aromatic hydroxyl groups is 1. The summed E-state index contributed by atoms with van der Waals surface area (Å²) in [4.78, 5) is 42.2. The first kappa shape index (κ1) is 31.7. The first-order valence-corrected chi connectivity index (χ1v) is 13.7. The maximum atomic E-state index is 14.3. The third-order valence-corrected chi connectivity index (χ3v) is 6.70. The number of phenolic OH excluding ortho intramolecular Hbond substituents is 1. The molecule has 0 aliphatic carbocycles. The van der Waals surface area contributed by atoms with Crippen molar-refractivity contribution in [2.45, 2.75) is 65.3 Å². The Bertz CT molecular complexity index is 1430. The fourth-order valence-corrected chi connectivity index (χ4v) is 4.49. The van der Waals surface area contributed by atoms with E-state index in [2.05, 4.69) is 10.6 Å². The second kappa shape index (κ2) is 14.2. The molecule has 3 aromatic carbocycles. The van der Waals surface area contributed by atoms with Crippen molar-refractivity contribution >= 4 is 17.9 Å². The third kappa shape index (κ3) is 8.83. The number of hydrogen-bond acceptors (Lipinski definition) is 6. The predicted octanol–water partition coefficient (Wildman–Crippen LogP) is 4.85. The van der Waals surface area contributed by atoms with E-state index in [9.17, 15) is 24.8 Å². The van der Waals surface area contributed by atoms with Crippen molar-refractivity contribution in [1.82, 2.24) is 15.5 Å². The summed E-state index contributed by atoms with van der Waals surface area (Å²) in [5.41, 5.74) is 3.01. The van der Waals surface area contributed by atoms with Gasteiger partial charge in [-0.3, -0.25) is 9.59 Å². The number of alkyl carbamates (subject to hydrolysis) is 1. The van der Waals surface area contributed by atoms with Crippen LogP contribution in [0, 0.1) is 25.2 Å². The van der Waals surface area contributed by atoms with Crippen LogP contribution in [0.25, 0.3) is 0 Å². The van der Waals surface area contributed by atoms with E-state index in [1.807, 2.05) is 56.3 Å². The Hall–Kier alpha value is -4.84. The average molecular weight is 571 g/mol. The minimum absolute atomic E-state index is 0.0332. The maximum absolute atomic E-state index is 14.3. The Labute approximate surface area is 247 Å². The minimum Gasteiger partial charge on any atom is -0.508 e. The zero-order valence-electron chi connectivity index (χ0n) is 24.7. The molecule has 0 bridgehead atoms. The highest BCUT2D eigenvalue weighted by molar-refractivity contribution is 5.92. The van der Waals surface area contributed by atoms with E-state index >= 15 is 0 Å². The number of hydrogen-bond donors (Lipinski definition) is 3. The normalized spacial score (nSPS) is 12.4. The number of carbonyl (C=O) groups excluding carboxylic acids is 3. The molecular weight excluding hydrogens is 532 g/mol. The van der Waals surface area contributed by atoms with E-state index in [0.29, 0.717) is 11.1 Å². The van der Waals surface area contributed by atoms with Crippen LogP contribution in [-0.2, 0) is 27.3 Å². The monoisotopic (exact) mass is 570 g/mol. The summed E-state index contributed by atoms with van der Waals surface area (Å²) >= 11 is 0. The standard InChI is InChI=1S/C33H38N4O5/c1-22-10-9-13-27(23(22)2)29(30(39)35-21-25-11-7-6-8-12-25)37(19-18-34)31(40)28(36-32(41)42-33(3,4)5)20-24-14-16-26(38)17-15-24/h6-17,28-29,38H,19-21H2,1-5H3,(H,35,39)(H,36,41). The number of carbonyl (C=O) groups is 3. The van der Waals surface area contributed by atoms with Gasteiger partial charge in [-0.15, -0.1) is 0 Å². The zero-order valence-corrected chi connectivity index (χ0v) is 24.7. The minimum atomic E-state index is -1.17. The summed E-state index contributed by atoms with van der Waals surface area (Å²) in [7, 11) is 0. The molecule has 42 heavy (non-hydrogen) atoms. The van der Waals surface area contributed by atoms with Crippen LogP contribution in [-0.4, -0.2) is 46.1 Å². The number of benzene rings is 3. The largest absolute Gasteiger partial charge is 0.508 e. The molecule has 0 fully saturated rings. The molecule has 0 aliphatic heterocycles. The van der Waals surface area contributed by atoms with Crippen molar-refractivity contribution in [3.8, 4) is 11.8 Å². The average Bonchev–Trinajstić information content (AvgIpc) is 2.93. The van der Waals surface area contributed by atoms with Gasteiger partial charge in [0, 0.05) is 13.0 Å². The van der Waals surface area contributed by atoms with Gasteiger partial charge in [0.05, 0.1) is 6.07 Å². The second-order valence-electron chi connectivity index (χ2n) is 11.1. The molecule has 3 aromatic rings. The molecule has 2 atom stereocenters. The van der Waals surface area contributed by atoms with Crippen molar-refractivity contribution in [3.63, 3.8) is 0 Å². The number of rotatable bonds is 10. The van der Waals surface area contributed by atoms with Gasteiger partial charge >= 0.3 is 6.09 Å². The third-order valence-electron chi connectivity index (χ3n) is 6.70. The molecule has 3 N–H and O–H groups in total. The Morgan fingerprint density at radius 2 is 1.62 bits per heavy atom. The molecule has 2 unspecified atom stereocenters. The van der Waals surface area contributed by atoms with Gasteiger partial charge < -0.3 is 25.4 Å². The summed E-state index contributed by atoms with van der Waals surface area (Å²) in [5.74, 6) is -1.04. The molecule has 0 aromatic heterocycles. The van der Waals surface area contributed by atoms with Gasteiger partial charge in [0.15, 0.2) is 0 Å². The van der Waals surface area contributed by atoms with Gasteiger partial charge in [-0.2, -0.15) is 5.26 Å². The Kier molecular flexibility index (Phi) is 10.7. The van der Waals surface area contributed by atoms with E-state index in [0.717, 1.165) is 16.7 Å². The first-order valence-electron chi connectivity index (χ1n) is 13.7. The SMILES string of the molecule is Cc1cccc(C(C(=O)NCc2ccccc2)N(CC#N)C(=O)C(Cc2ccc(O)cc2)NC(=O)OC(C)(C)C)c1C. The van der Waals surface area contributed by atoms with Crippen LogP contribution in [0.3, 0.4) is 0 Å². The number of aryl methyl sites for hydroxylation is 1. The van der Waals surface area contributed by atoms with Crippen LogP contribution < -0.4 is 10.6 Å². The molecule has 3 amide bonds. The van der Waals surface area contributed by atoms with Crippen LogP contribution in [0.1, 0.15) is 54.6 Å². The summed E-state index contributed by atoms with van der Waals surface area (Å²) in [5, 5.41) is 25.1. The van der Waals surface area contributed by atoms with Gasteiger partial charge in [0.25, 0.3) is 0 Å². The summed E-state index contributed by atoms with van der Waals surface area (Å²) in [6.45, 7) is 8.72. The van der Waals surface area contributed by atoms with Crippen LogP contribution in [0.2, 0.25) is 0 Å². The molecule has 220 valence electrons. The van der Waals surface area contributed by atoms with Crippen LogP contribution >= 0.6 is 0 Å². The fraction of sp³-hybridized carbons (Fsp3) is 0.333. The summed E-state index contributed by atoms with van der Waals surface area (Å²) in [6, 6.07) is 20.8. The van der Waals surface area contributed by atoms with Crippen LogP contribution in [0.4, 0.5) is 4.79 Å². The Morgan fingerprint density at radius 1 is 0.952 bits per heavy atom. The zero-order chi connectivity index (χ0) is 30.9. The lowest BCUT2D eigenvalue weighted by Crippen LogP contribution is -2.54. The maximum Gasteiger partial charge on any atom is 0.408 e. The van der Waals surface area contributed by atoms with Crippen molar-refractivity contribution in [2.75, 3.05) is 6.54 Å². The topological polar surface area (TPSA) is 132 Å². The smallest absolute Gasteiger partial charge is 0.408 e. The van der Waals surface area contributed by atoms with Gasteiger partial charge in [-0.05, 0) is 74.6 Å². The Balaban J connectivity index is 2.04. The van der Waals surface area contributed by atoms with Crippen molar-refractivity contribution in [1.29, 1.82) is 5.26 Å². The highest BCUT2D eigenvalue weighted by Gasteiger charge is 2.37. The van der Waals surface area contributed by atoms with Crippen molar-refractivity contribution in [2.24, 2.45) is 0 Å². The van der Waals surface area contributed by atoms with Gasteiger partial charge in [-0.25, -0.2) is 4.79 Å². The molecular formula is C33H38N4O5. The lowest BCUT2D eigenvalue weighted by Gasteiger charge is -2.34. The number of ether oxygens (including phenoxy) is 1. The highest BCUT2D eigenvalue weighted by Crippen LogP contribution is 2.28. The molecule has 0 aliphatic rings. The number of amides is 3. The fourth-order valence-electron chi connectivity index (χ4n) is 4.49. The first-order chi connectivity index (χ1) is 19.9. The molecule has 0 saturated carbocycles.